The summed E-state index contributed by atoms with van der Waals surface area (Å²) >= 11 is 0. The van der Waals surface area contributed by atoms with Gasteiger partial charge in [-0.25, -0.2) is 4.99 Å². The van der Waals surface area contributed by atoms with E-state index in [1.54, 1.807) is 32.2 Å². The number of carbonyl (C=O) groups excluding carboxylic acids is 2. The van der Waals surface area contributed by atoms with E-state index in [2.05, 4.69) is 17.5 Å². The lowest BCUT2D eigenvalue weighted by atomic mass is 9.87. The molecule has 9 heteroatoms. The van der Waals surface area contributed by atoms with Crippen molar-refractivity contribution in [1.29, 1.82) is 0 Å². The number of fused-ring (bicyclic) bond motifs is 1. The van der Waals surface area contributed by atoms with E-state index in [-0.39, 0.29) is 42.6 Å². The van der Waals surface area contributed by atoms with E-state index in [9.17, 15) is 14.7 Å². The molecule has 4 N–H and O–H groups in total. The van der Waals surface area contributed by atoms with E-state index in [0.717, 1.165) is 0 Å². The van der Waals surface area contributed by atoms with Gasteiger partial charge in [0, 0.05) is 18.6 Å². The minimum Gasteiger partial charge on any atom is -0.388 e. The average Bonchev–Trinajstić information content (AvgIpc) is 3.18. The minimum atomic E-state index is -1.03. The van der Waals surface area contributed by atoms with E-state index >= 15 is 0 Å². The zero-order chi connectivity index (χ0) is 28.2. The maximum absolute atomic E-state index is 13.5. The van der Waals surface area contributed by atoms with Crippen molar-refractivity contribution in [3.63, 3.8) is 0 Å². The van der Waals surface area contributed by atoms with Crippen LogP contribution in [0.1, 0.15) is 68.4 Å². The molecule has 2 amide bonds. The number of allylic oxidation sites excluding steroid dienone is 3. The molecule has 1 fully saturated rings. The van der Waals surface area contributed by atoms with Crippen molar-refractivity contribution < 1.29 is 24.2 Å². The summed E-state index contributed by atoms with van der Waals surface area (Å²) < 4.78 is 11.0. The first-order valence-electron chi connectivity index (χ1n) is 13.9. The smallest absolute Gasteiger partial charge is 0.251 e. The van der Waals surface area contributed by atoms with Crippen LogP contribution in [-0.2, 0) is 14.3 Å². The van der Waals surface area contributed by atoms with E-state index in [1.807, 2.05) is 32.1 Å². The number of carbonyl (C=O) groups is 2. The number of aliphatic hydroxyl groups is 1. The summed E-state index contributed by atoms with van der Waals surface area (Å²) in [6, 6.07) is 6.15. The molecule has 3 aliphatic rings. The Hall–Kier alpha value is -3.01. The first-order chi connectivity index (χ1) is 18.6. The molecule has 5 atom stereocenters. The molecule has 212 valence electrons. The van der Waals surface area contributed by atoms with Gasteiger partial charge in [-0.2, -0.15) is 0 Å². The van der Waals surface area contributed by atoms with Crippen molar-refractivity contribution >= 4 is 17.8 Å². The summed E-state index contributed by atoms with van der Waals surface area (Å²) in [5.74, 6) is -0.0336. The Morgan fingerprint density at radius 2 is 2.00 bits per heavy atom. The number of benzene rings is 1. The molecule has 0 radical (unpaired) electrons. The van der Waals surface area contributed by atoms with E-state index in [1.165, 1.54) is 4.90 Å². The number of methoxy groups -OCH3 is 1. The molecule has 2 aliphatic carbocycles. The number of amides is 2. The van der Waals surface area contributed by atoms with Crippen LogP contribution in [0.2, 0.25) is 0 Å². The number of nitrogens with zero attached hydrogens (tertiary/aromatic N) is 2. The number of hydrogen-bond donors (Lipinski definition) is 3. The average molecular weight is 539 g/mol. The van der Waals surface area contributed by atoms with Gasteiger partial charge in [0.1, 0.15) is 0 Å². The molecule has 0 aromatic heterocycles. The van der Waals surface area contributed by atoms with E-state index in [4.69, 9.17) is 20.2 Å². The van der Waals surface area contributed by atoms with Gasteiger partial charge in [-0.05, 0) is 49.8 Å². The number of nitrogens with two attached hydrogens (primary N) is 1. The van der Waals surface area contributed by atoms with Gasteiger partial charge in [-0.1, -0.05) is 50.3 Å². The van der Waals surface area contributed by atoms with Crippen molar-refractivity contribution in [1.82, 2.24) is 10.2 Å². The van der Waals surface area contributed by atoms with Gasteiger partial charge in [0.2, 0.25) is 5.91 Å². The Labute approximate surface area is 231 Å². The molecule has 1 saturated carbocycles. The lowest BCUT2D eigenvalue weighted by molar-refractivity contribution is -0.132. The lowest BCUT2D eigenvalue weighted by Gasteiger charge is -2.40. The topological polar surface area (TPSA) is 126 Å². The highest BCUT2D eigenvalue weighted by molar-refractivity contribution is 6.00. The zero-order valence-electron chi connectivity index (χ0n) is 23.4. The fourth-order valence-corrected chi connectivity index (χ4v) is 6.09. The molecule has 1 heterocycles. The number of aliphatic imine (C=N–C) groups is 1. The molecule has 0 bridgehead atoms. The number of rotatable bonds is 11. The third-order valence-corrected chi connectivity index (χ3v) is 8.50. The predicted octanol–water partition coefficient (Wildman–Crippen LogP) is 3.11. The molecule has 1 aliphatic heterocycles. The second kappa shape index (κ2) is 12.0. The van der Waals surface area contributed by atoms with Gasteiger partial charge in [0.15, 0.2) is 5.96 Å². The third-order valence-electron chi connectivity index (χ3n) is 8.50. The monoisotopic (exact) mass is 538 g/mol. The van der Waals surface area contributed by atoms with Gasteiger partial charge in [0.25, 0.3) is 5.91 Å². The van der Waals surface area contributed by atoms with Crippen LogP contribution < -0.4 is 11.1 Å². The van der Waals surface area contributed by atoms with Crippen LogP contribution in [0.4, 0.5) is 0 Å². The molecule has 39 heavy (non-hydrogen) atoms. The van der Waals surface area contributed by atoms with E-state index < -0.39 is 23.2 Å². The summed E-state index contributed by atoms with van der Waals surface area (Å²) in [6.45, 7) is 6.73. The maximum Gasteiger partial charge on any atom is 0.251 e. The molecule has 0 saturated heterocycles. The molecular weight excluding hydrogens is 496 g/mol. The van der Waals surface area contributed by atoms with Gasteiger partial charge in [0.05, 0.1) is 49.5 Å². The molecular formula is C30H42N4O5. The van der Waals surface area contributed by atoms with Crippen LogP contribution in [0.5, 0.6) is 0 Å². The first kappa shape index (κ1) is 29.0. The molecule has 1 aromatic carbocycles. The Bertz CT molecular complexity index is 1140. The summed E-state index contributed by atoms with van der Waals surface area (Å²) in [5, 5.41) is 14.2. The third kappa shape index (κ3) is 6.10. The van der Waals surface area contributed by atoms with Gasteiger partial charge >= 0.3 is 0 Å². The largest absolute Gasteiger partial charge is 0.388 e. The highest BCUT2D eigenvalue weighted by Gasteiger charge is 2.49. The summed E-state index contributed by atoms with van der Waals surface area (Å²) in [7, 11) is 1.60. The Morgan fingerprint density at radius 3 is 2.69 bits per heavy atom. The number of ether oxygens (including phenoxy) is 2. The van der Waals surface area contributed by atoms with Crippen molar-refractivity contribution in [2.75, 3.05) is 26.9 Å². The van der Waals surface area contributed by atoms with Crippen molar-refractivity contribution in [2.24, 2.45) is 22.6 Å². The number of hydrogen-bond acceptors (Lipinski definition) is 7. The SMILES string of the molecule is CCC1(CC)CC(=O)N(C(COCCOC)c2cccc(C(=O)NC3C4C=CC=CC4CC3(C)O)c2)C(N)=N1. The van der Waals surface area contributed by atoms with Gasteiger partial charge < -0.3 is 25.6 Å². The first-order valence-corrected chi connectivity index (χ1v) is 13.9. The molecule has 5 unspecified atom stereocenters. The Kier molecular flexibility index (Phi) is 8.93. The Morgan fingerprint density at radius 1 is 1.26 bits per heavy atom. The minimum absolute atomic E-state index is 0.0263. The zero-order valence-corrected chi connectivity index (χ0v) is 23.4. The quantitative estimate of drug-likeness (QED) is 0.372. The van der Waals surface area contributed by atoms with Crippen LogP contribution in [-0.4, -0.2) is 71.9 Å². The van der Waals surface area contributed by atoms with Gasteiger partial charge in [-0.15, -0.1) is 0 Å². The highest BCUT2D eigenvalue weighted by Crippen LogP contribution is 2.42. The van der Waals surface area contributed by atoms with Crippen LogP contribution >= 0.6 is 0 Å². The van der Waals surface area contributed by atoms with Crippen LogP contribution in [0.3, 0.4) is 0 Å². The fraction of sp³-hybridized carbons (Fsp3) is 0.567. The second-order valence-electron chi connectivity index (χ2n) is 11.1. The number of nitrogens with one attached hydrogen (secondary N) is 1. The van der Waals surface area contributed by atoms with Crippen LogP contribution in [0.15, 0.2) is 53.6 Å². The van der Waals surface area contributed by atoms with E-state index in [0.29, 0.717) is 43.6 Å². The van der Waals surface area contributed by atoms with Crippen LogP contribution in [0.25, 0.3) is 0 Å². The second-order valence-corrected chi connectivity index (χ2v) is 11.1. The fourth-order valence-electron chi connectivity index (χ4n) is 6.09. The lowest BCUT2D eigenvalue weighted by Crippen LogP contribution is -2.53. The standard InChI is InChI=1S/C30H42N4O5/c1-5-30(6-2)18-25(35)34(28(31)33-30)24(19-39-15-14-38-4)20-11-9-12-21(16-20)27(36)32-26-23-13-8-7-10-22(23)17-29(26,3)37/h7-13,16,22-24,26,37H,5-6,14-15,17-19H2,1-4H3,(H2,31,33)(H,32,36). The molecule has 1 aromatic rings. The summed E-state index contributed by atoms with van der Waals surface area (Å²) in [5.41, 5.74) is 6.03. The van der Waals surface area contributed by atoms with Gasteiger partial charge in [-0.3, -0.25) is 14.5 Å². The Balaban J connectivity index is 1.60. The molecule has 4 rings (SSSR count). The predicted molar refractivity (Wildman–Crippen MR) is 150 cm³/mol. The van der Waals surface area contributed by atoms with Crippen molar-refractivity contribution in [2.45, 2.75) is 69.7 Å². The molecule has 9 nitrogen and oxygen atoms in total. The van der Waals surface area contributed by atoms with Crippen molar-refractivity contribution in [3.8, 4) is 0 Å². The maximum atomic E-state index is 13.5. The normalized spacial score (nSPS) is 28.2. The van der Waals surface area contributed by atoms with Crippen LogP contribution in [0, 0.1) is 11.8 Å². The summed E-state index contributed by atoms with van der Waals surface area (Å²) in [6.07, 6.45) is 10.4. The summed E-state index contributed by atoms with van der Waals surface area (Å²) in [4.78, 5) is 33.2. The highest BCUT2D eigenvalue weighted by atomic mass is 16.5. The van der Waals surface area contributed by atoms with Crippen molar-refractivity contribution in [3.05, 3.63) is 59.7 Å². The molecule has 0 spiro atoms. The number of guanidine groups is 1.